The standard InChI is InChI=1S/C21H16F3N7/c22-21(23,24)20-29-28-18-11-10-17(30-31(18)20)25-16(12-13-6-2-1-3-7-13)19-26-14-8-4-5-9-15(14)27-19/h1-11,16H,12H2,(H,25,30)(H,26,27)/t16-/m1/s1. The molecule has 0 unspecified atom stereocenters. The van der Waals surface area contributed by atoms with Crippen LogP contribution in [0.2, 0.25) is 0 Å². The normalized spacial score (nSPS) is 13.0. The maximum atomic E-state index is 13.2. The highest BCUT2D eigenvalue weighted by molar-refractivity contribution is 5.75. The van der Waals surface area contributed by atoms with Gasteiger partial charge in [-0.05, 0) is 36.2 Å². The van der Waals surface area contributed by atoms with Crippen LogP contribution < -0.4 is 5.32 Å². The van der Waals surface area contributed by atoms with Gasteiger partial charge >= 0.3 is 6.18 Å². The summed E-state index contributed by atoms with van der Waals surface area (Å²) in [5.41, 5.74) is 2.74. The third-order valence-corrected chi connectivity index (χ3v) is 4.86. The number of aromatic nitrogens is 6. The molecule has 0 aliphatic carbocycles. The molecule has 0 aliphatic heterocycles. The number of hydrogen-bond donors (Lipinski definition) is 2. The van der Waals surface area contributed by atoms with Gasteiger partial charge in [-0.25, -0.2) is 4.98 Å². The fraction of sp³-hybridized carbons (Fsp3) is 0.143. The second-order valence-electron chi connectivity index (χ2n) is 7.04. The molecule has 0 saturated carbocycles. The number of alkyl halides is 3. The Morgan fingerprint density at radius 1 is 0.935 bits per heavy atom. The number of aromatic amines is 1. The molecular formula is C21H16F3N7. The first-order chi connectivity index (χ1) is 15.0. The summed E-state index contributed by atoms with van der Waals surface area (Å²) < 4.78 is 40.3. The number of nitrogens with zero attached hydrogens (tertiary/aromatic N) is 5. The van der Waals surface area contributed by atoms with Crippen molar-refractivity contribution in [2.75, 3.05) is 5.32 Å². The van der Waals surface area contributed by atoms with Crippen molar-refractivity contribution >= 4 is 22.5 Å². The highest BCUT2D eigenvalue weighted by Gasteiger charge is 2.37. The van der Waals surface area contributed by atoms with Crippen molar-refractivity contribution in [3.63, 3.8) is 0 Å². The van der Waals surface area contributed by atoms with Gasteiger partial charge in [0, 0.05) is 0 Å². The minimum Gasteiger partial charge on any atom is -0.358 e. The molecule has 10 heteroatoms. The molecule has 1 atom stereocenters. The Kier molecular flexibility index (Phi) is 4.54. The summed E-state index contributed by atoms with van der Waals surface area (Å²) in [5.74, 6) is -0.263. The van der Waals surface area contributed by atoms with Crippen LogP contribution in [-0.4, -0.2) is 29.8 Å². The van der Waals surface area contributed by atoms with E-state index in [0.717, 1.165) is 16.6 Å². The SMILES string of the molecule is FC(F)(F)c1nnc2ccc(N[C@H](Cc3ccccc3)c3nc4ccccc4[nH]3)nn12. The molecule has 0 radical (unpaired) electrons. The van der Waals surface area contributed by atoms with Gasteiger partial charge in [-0.2, -0.15) is 17.7 Å². The molecule has 0 spiro atoms. The van der Waals surface area contributed by atoms with Crippen LogP contribution in [0.15, 0.2) is 66.7 Å². The van der Waals surface area contributed by atoms with E-state index in [1.807, 2.05) is 54.6 Å². The van der Waals surface area contributed by atoms with E-state index in [1.165, 1.54) is 6.07 Å². The van der Waals surface area contributed by atoms with E-state index in [4.69, 9.17) is 0 Å². The third-order valence-electron chi connectivity index (χ3n) is 4.86. The highest BCUT2D eigenvalue weighted by Crippen LogP contribution is 2.28. The Morgan fingerprint density at radius 3 is 2.48 bits per heavy atom. The zero-order chi connectivity index (χ0) is 21.4. The van der Waals surface area contributed by atoms with Crippen LogP contribution in [0.3, 0.4) is 0 Å². The predicted octanol–water partition coefficient (Wildman–Crippen LogP) is 4.42. The number of hydrogen-bond acceptors (Lipinski definition) is 5. The molecule has 0 aliphatic rings. The Bertz CT molecular complexity index is 1310. The van der Waals surface area contributed by atoms with Gasteiger partial charge in [-0.1, -0.05) is 42.5 Å². The molecule has 156 valence electrons. The zero-order valence-corrected chi connectivity index (χ0v) is 16.0. The van der Waals surface area contributed by atoms with Gasteiger partial charge < -0.3 is 10.3 Å². The van der Waals surface area contributed by atoms with Crippen LogP contribution >= 0.6 is 0 Å². The van der Waals surface area contributed by atoms with Crippen LogP contribution in [0, 0.1) is 0 Å². The van der Waals surface area contributed by atoms with Gasteiger partial charge in [0.25, 0.3) is 5.82 Å². The second-order valence-corrected chi connectivity index (χ2v) is 7.04. The van der Waals surface area contributed by atoms with Crippen LogP contribution in [0.25, 0.3) is 16.7 Å². The minimum atomic E-state index is -4.66. The van der Waals surface area contributed by atoms with Gasteiger partial charge in [0.1, 0.15) is 11.6 Å². The first-order valence-corrected chi connectivity index (χ1v) is 9.52. The molecule has 0 saturated heterocycles. The molecule has 0 bridgehead atoms. The lowest BCUT2D eigenvalue weighted by Gasteiger charge is -2.17. The monoisotopic (exact) mass is 423 g/mol. The number of fused-ring (bicyclic) bond motifs is 2. The van der Waals surface area contributed by atoms with E-state index in [9.17, 15) is 13.2 Å². The van der Waals surface area contributed by atoms with Crippen molar-refractivity contribution in [2.45, 2.75) is 18.6 Å². The summed E-state index contributed by atoms with van der Waals surface area (Å²) in [4.78, 5) is 7.95. The van der Waals surface area contributed by atoms with Gasteiger partial charge in [0.2, 0.25) is 0 Å². The molecular weight excluding hydrogens is 407 g/mol. The van der Waals surface area contributed by atoms with E-state index < -0.39 is 12.0 Å². The molecule has 3 heterocycles. The van der Waals surface area contributed by atoms with Crippen LogP contribution in [0.1, 0.15) is 23.3 Å². The van der Waals surface area contributed by atoms with Crippen molar-refractivity contribution in [3.8, 4) is 0 Å². The van der Waals surface area contributed by atoms with E-state index in [1.54, 1.807) is 6.07 Å². The van der Waals surface area contributed by atoms with Crippen LogP contribution in [-0.2, 0) is 12.6 Å². The Morgan fingerprint density at radius 2 is 1.71 bits per heavy atom. The lowest BCUT2D eigenvalue weighted by molar-refractivity contribution is -0.146. The summed E-state index contributed by atoms with van der Waals surface area (Å²) in [6, 6.07) is 20.0. The van der Waals surface area contributed by atoms with E-state index >= 15 is 0 Å². The number of anilines is 1. The molecule has 5 rings (SSSR count). The third kappa shape index (κ3) is 3.79. The van der Waals surface area contributed by atoms with E-state index in [-0.39, 0.29) is 17.5 Å². The quantitative estimate of drug-likeness (QED) is 0.437. The summed E-state index contributed by atoms with van der Waals surface area (Å²) in [6.07, 6.45) is -4.11. The van der Waals surface area contributed by atoms with Crippen molar-refractivity contribution in [3.05, 3.63) is 83.9 Å². The number of H-pyrrole nitrogens is 1. The van der Waals surface area contributed by atoms with Crippen LogP contribution in [0.5, 0.6) is 0 Å². The average Bonchev–Trinajstić information content (AvgIpc) is 3.38. The van der Waals surface area contributed by atoms with E-state index in [0.29, 0.717) is 16.8 Å². The number of halogens is 3. The van der Waals surface area contributed by atoms with Gasteiger partial charge in [-0.3, -0.25) is 0 Å². The predicted molar refractivity (Wildman–Crippen MR) is 108 cm³/mol. The fourth-order valence-electron chi connectivity index (χ4n) is 3.42. The lowest BCUT2D eigenvalue weighted by Crippen LogP contribution is -2.18. The van der Waals surface area contributed by atoms with Crippen molar-refractivity contribution in [2.24, 2.45) is 0 Å². The zero-order valence-electron chi connectivity index (χ0n) is 16.0. The second kappa shape index (κ2) is 7.38. The Labute approximate surface area is 174 Å². The van der Waals surface area contributed by atoms with Gasteiger partial charge in [0.15, 0.2) is 5.65 Å². The first kappa shape index (κ1) is 19.0. The number of benzene rings is 2. The Hall–Kier alpha value is -3.95. The van der Waals surface area contributed by atoms with Crippen molar-refractivity contribution < 1.29 is 13.2 Å². The number of rotatable bonds is 5. The maximum absolute atomic E-state index is 13.2. The fourth-order valence-corrected chi connectivity index (χ4v) is 3.42. The number of imidazole rings is 1. The summed E-state index contributed by atoms with van der Waals surface area (Å²) >= 11 is 0. The van der Waals surface area contributed by atoms with Crippen molar-refractivity contribution in [1.29, 1.82) is 0 Å². The van der Waals surface area contributed by atoms with E-state index in [2.05, 4.69) is 30.6 Å². The molecule has 3 aromatic heterocycles. The average molecular weight is 423 g/mol. The molecule has 2 aromatic carbocycles. The van der Waals surface area contributed by atoms with Crippen LogP contribution in [0.4, 0.5) is 19.0 Å². The van der Waals surface area contributed by atoms with Gasteiger partial charge in [0.05, 0.1) is 17.1 Å². The highest BCUT2D eigenvalue weighted by atomic mass is 19.4. The summed E-state index contributed by atoms with van der Waals surface area (Å²) in [6.45, 7) is 0. The smallest absolute Gasteiger partial charge is 0.358 e. The van der Waals surface area contributed by atoms with Crippen molar-refractivity contribution in [1.82, 2.24) is 29.8 Å². The molecule has 2 N–H and O–H groups in total. The summed E-state index contributed by atoms with van der Waals surface area (Å²) in [5, 5.41) is 14.1. The topological polar surface area (TPSA) is 83.8 Å². The molecule has 7 nitrogen and oxygen atoms in total. The largest absolute Gasteiger partial charge is 0.453 e. The molecule has 31 heavy (non-hydrogen) atoms. The molecule has 5 aromatic rings. The summed E-state index contributed by atoms with van der Waals surface area (Å²) in [7, 11) is 0. The van der Waals surface area contributed by atoms with Gasteiger partial charge in [-0.15, -0.1) is 15.3 Å². The molecule has 0 amide bonds. The number of nitrogens with one attached hydrogen (secondary N) is 2. The number of para-hydroxylation sites is 2. The Balaban J connectivity index is 1.53. The minimum absolute atomic E-state index is 0.0150. The lowest BCUT2D eigenvalue weighted by atomic mass is 10.1. The maximum Gasteiger partial charge on any atom is 0.453 e. The molecule has 0 fully saturated rings. The first-order valence-electron chi connectivity index (χ1n) is 9.52.